The highest BCUT2D eigenvalue weighted by molar-refractivity contribution is 5.98. The number of quaternary nitrogens is 1. The van der Waals surface area contributed by atoms with E-state index in [4.69, 9.17) is 4.74 Å². The second-order valence-electron chi connectivity index (χ2n) is 6.74. The van der Waals surface area contributed by atoms with E-state index in [1.54, 1.807) is 7.11 Å². The lowest BCUT2D eigenvalue weighted by Gasteiger charge is -2.26. The number of nitrogens with one attached hydrogen (secondary N) is 1. The lowest BCUT2D eigenvalue weighted by atomic mass is 10.1. The number of rotatable bonds is 3. The number of ether oxygens (including phenoxy) is 1. The third-order valence-electron chi connectivity index (χ3n) is 5.28. The third-order valence-corrected chi connectivity index (χ3v) is 5.28. The van der Waals surface area contributed by atoms with Gasteiger partial charge >= 0.3 is 0 Å². The molecule has 3 atom stereocenters. The Morgan fingerprint density at radius 2 is 1.96 bits per heavy atom. The van der Waals surface area contributed by atoms with Gasteiger partial charge in [-0.1, -0.05) is 35.9 Å². The van der Waals surface area contributed by atoms with Gasteiger partial charge in [-0.25, -0.2) is 0 Å². The van der Waals surface area contributed by atoms with Crippen molar-refractivity contribution in [2.24, 2.45) is 0 Å². The zero-order valence-electron chi connectivity index (χ0n) is 14.2. The average molecular weight is 323 g/mol. The van der Waals surface area contributed by atoms with Crippen molar-refractivity contribution in [3.8, 4) is 5.75 Å². The second-order valence-corrected chi connectivity index (χ2v) is 6.74. The van der Waals surface area contributed by atoms with Crippen LogP contribution in [-0.2, 0) is 4.79 Å². The van der Waals surface area contributed by atoms with E-state index in [0.717, 1.165) is 30.8 Å². The summed E-state index contributed by atoms with van der Waals surface area (Å²) in [6.45, 7) is 3.14. The predicted octanol–water partition coefficient (Wildman–Crippen LogP) is 2.10. The molecule has 4 heteroatoms. The summed E-state index contributed by atoms with van der Waals surface area (Å²) in [5, 5.41) is 0. The normalized spacial score (nSPS) is 25.8. The average Bonchev–Trinajstić information content (AvgIpc) is 3.18. The molecule has 1 amide bonds. The summed E-state index contributed by atoms with van der Waals surface area (Å²) in [5.74, 6) is 1.02. The van der Waals surface area contributed by atoms with E-state index in [0.29, 0.717) is 0 Å². The number of carbonyl (C=O) groups is 1. The van der Waals surface area contributed by atoms with Gasteiger partial charge in [-0.3, -0.25) is 9.69 Å². The Labute approximate surface area is 142 Å². The highest BCUT2D eigenvalue weighted by atomic mass is 16.5. The van der Waals surface area contributed by atoms with Crippen molar-refractivity contribution in [3.05, 3.63) is 59.7 Å². The maximum Gasteiger partial charge on any atom is 0.290 e. The molecule has 0 bridgehead atoms. The Morgan fingerprint density at radius 1 is 1.17 bits per heavy atom. The van der Waals surface area contributed by atoms with Crippen molar-refractivity contribution in [3.63, 3.8) is 0 Å². The summed E-state index contributed by atoms with van der Waals surface area (Å²) in [6, 6.07) is 16.5. The first-order chi connectivity index (χ1) is 11.7. The molecule has 2 aromatic rings. The number of benzene rings is 2. The van der Waals surface area contributed by atoms with Crippen LogP contribution >= 0.6 is 0 Å². The standard InChI is InChI=1S/C20H22N2O2/c1-14-8-10-15(11-9-14)19-21-12-4-7-18(21)20(23)22(19)16-5-3-6-17(13-16)24-2/h3,5-6,8-11,13,18-19H,4,7,12H2,1-2H3/p+1/t18-,19+/m1/s1. The molecule has 4 nitrogen and oxygen atoms in total. The first kappa shape index (κ1) is 15.2. The van der Waals surface area contributed by atoms with E-state index >= 15 is 0 Å². The van der Waals surface area contributed by atoms with Crippen molar-refractivity contribution in [2.45, 2.75) is 32.0 Å². The molecule has 24 heavy (non-hydrogen) atoms. The van der Waals surface area contributed by atoms with Crippen LogP contribution in [0.4, 0.5) is 5.69 Å². The molecule has 0 spiro atoms. The number of nitrogens with zero attached hydrogens (tertiary/aromatic N) is 1. The fourth-order valence-corrected chi connectivity index (χ4v) is 4.09. The summed E-state index contributed by atoms with van der Waals surface area (Å²) >= 11 is 0. The minimum atomic E-state index is 0.0534. The highest BCUT2D eigenvalue weighted by Gasteiger charge is 2.53. The topological polar surface area (TPSA) is 34.0 Å². The van der Waals surface area contributed by atoms with Gasteiger partial charge in [-0.15, -0.1) is 0 Å². The number of hydrogen-bond donors (Lipinski definition) is 1. The molecule has 1 unspecified atom stereocenters. The van der Waals surface area contributed by atoms with Gasteiger partial charge in [0, 0.05) is 24.5 Å². The zero-order chi connectivity index (χ0) is 16.7. The van der Waals surface area contributed by atoms with Crippen LogP contribution in [0.2, 0.25) is 0 Å². The summed E-state index contributed by atoms with van der Waals surface area (Å²) in [4.78, 5) is 16.5. The largest absolute Gasteiger partial charge is 0.497 e. The molecule has 4 rings (SSSR count). The zero-order valence-corrected chi connectivity index (χ0v) is 14.2. The number of anilines is 1. The number of hydrogen-bond acceptors (Lipinski definition) is 2. The van der Waals surface area contributed by atoms with Crippen LogP contribution in [0.15, 0.2) is 48.5 Å². The molecule has 0 aromatic heterocycles. The number of carbonyl (C=O) groups excluding carboxylic acids is 1. The van der Waals surface area contributed by atoms with Crippen LogP contribution in [0.5, 0.6) is 5.75 Å². The van der Waals surface area contributed by atoms with Crippen molar-refractivity contribution < 1.29 is 14.4 Å². The smallest absolute Gasteiger partial charge is 0.290 e. The minimum absolute atomic E-state index is 0.0534. The van der Waals surface area contributed by atoms with Crippen LogP contribution in [0.3, 0.4) is 0 Å². The van der Waals surface area contributed by atoms with E-state index in [-0.39, 0.29) is 18.1 Å². The van der Waals surface area contributed by atoms with Crippen molar-refractivity contribution in [1.29, 1.82) is 0 Å². The van der Waals surface area contributed by atoms with Crippen molar-refractivity contribution >= 4 is 11.6 Å². The lowest BCUT2D eigenvalue weighted by Crippen LogP contribution is -3.12. The van der Waals surface area contributed by atoms with Crippen molar-refractivity contribution in [1.82, 2.24) is 0 Å². The SMILES string of the molecule is COc1cccc(N2C(=O)[C@H]3CCC[NH+]3[C@@H]2c2ccc(C)cc2)c1. The predicted molar refractivity (Wildman–Crippen MR) is 93.3 cm³/mol. The first-order valence-electron chi connectivity index (χ1n) is 8.58. The first-order valence-corrected chi connectivity index (χ1v) is 8.58. The molecule has 1 N–H and O–H groups in total. The van der Waals surface area contributed by atoms with Gasteiger partial charge in [0.05, 0.1) is 19.3 Å². The number of aryl methyl sites for hydroxylation is 1. The Morgan fingerprint density at radius 3 is 2.71 bits per heavy atom. The fraction of sp³-hybridized carbons (Fsp3) is 0.350. The molecule has 2 aliphatic heterocycles. The Balaban J connectivity index is 1.79. The second kappa shape index (κ2) is 5.95. The molecule has 0 saturated carbocycles. The summed E-state index contributed by atoms with van der Waals surface area (Å²) in [6.07, 6.45) is 2.16. The van der Waals surface area contributed by atoms with Gasteiger partial charge in [0.2, 0.25) is 0 Å². The van der Waals surface area contributed by atoms with Crippen LogP contribution in [0.1, 0.15) is 30.1 Å². The monoisotopic (exact) mass is 323 g/mol. The van der Waals surface area contributed by atoms with Crippen LogP contribution < -0.4 is 14.5 Å². The molecule has 2 fully saturated rings. The van der Waals surface area contributed by atoms with Crippen LogP contribution in [0.25, 0.3) is 0 Å². The molecule has 2 heterocycles. The molecular weight excluding hydrogens is 300 g/mol. The minimum Gasteiger partial charge on any atom is -0.497 e. The molecule has 124 valence electrons. The molecule has 2 saturated heterocycles. The van der Waals surface area contributed by atoms with E-state index < -0.39 is 0 Å². The lowest BCUT2D eigenvalue weighted by molar-refractivity contribution is -0.924. The van der Waals surface area contributed by atoms with E-state index in [9.17, 15) is 4.79 Å². The maximum absolute atomic E-state index is 13.1. The van der Waals surface area contributed by atoms with E-state index in [1.165, 1.54) is 16.0 Å². The summed E-state index contributed by atoms with van der Waals surface area (Å²) in [5.41, 5.74) is 3.37. The summed E-state index contributed by atoms with van der Waals surface area (Å²) in [7, 11) is 1.66. The maximum atomic E-state index is 13.1. The fourth-order valence-electron chi connectivity index (χ4n) is 4.09. The number of amides is 1. The Hall–Kier alpha value is -2.33. The van der Waals surface area contributed by atoms with Gasteiger partial charge in [0.1, 0.15) is 5.75 Å². The molecule has 0 radical (unpaired) electrons. The molecule has 2 aromatic carbocycles. The van der Waals surface area contributed by atoms with Gasteiger partial charge in [0.15, 0.2) is 12.2 Å². The van der Waals surface area contributed by atoms with Gasteiger partial charge in [-0.2, -0.15) is 0 Å². The van der Waals surface area contributed by atoms with Gasteiger partial charge in [0.25, 0.3) is 5.91 Å². The number of fused-ring (bicyclic) bond motifs is 1. The third kappa shape index (κ3) is 2.38. The van der Waals surface area contributed by atoms with Gasteiger partial charge in [-0.05, 0) is 19.1 Å². The number of methoxy groups -OCH3 is 1. The van der Waals surface area contributed by atoms with Crippen LogP contribution in [-0.4, -0.2) is 25.6 Å². The molecular formula is C20H23N2O2+. The van der Waals surface area contributed by atoms with E-state index in [2.05, 4.69) is 31.2 Å². The quantitative estimate of drug-likeness (QED) is 0.938. The summed E-state index contributed by atoms with van der Waals surface area (Å²) < 4.78 is 5.36. The highest BCUT2D eigenvalue weighted by Crippen LogP contribution is 2.32. The molecule has 2 aliphatic rings. The van der Waals surface area contributed by atoms with Crippen LogP contribution in [0, 0.1) is 6.92 Å². The van der Waals surface area contributed by atoms with Gasteiger partial charge < -0.3 is 9.64 Å². The van der Waals surface area contributed by atoms with Crippen molar-refractivity contribution in [2.75, 3.05) is 18.6 Å². The van der Waals surface area contributed by atoms with E-state index in [1.807, 2.05) is 29.2 Å². The Bertz CT molecular complexity index is 756. The molecule has 0 aliphatic carbocycles. The Kier molecular flexibility index (Phi) is 3.77.